The summed E-state index contributed by atoms with van der Waals surface area (Å²) in [4.78, 5) is 3.47. The van der Waals surface area contributed by atoms with Gasteiger partial charge in [0.1, 0.15) is 11.8 Å². The fourth-order valence-electron chi connectivity index (χ4n) is 0.345. The van der Waals surface area contributed by atoms with Gasteiger partial charge in [-0.3, -0.25) is 4.99 Å². The fraction of sp³-hybridized carbons (Fsp3) is 0.143. The first-order chi connectivity index (χ1) is 4.26. The topological polar surface area (TPSA) is 36.1 Å². The van der Waals surface area contributed by atoms with Crippen molar-refractivity contribution in [2.24, 2.45) is 4.99 Å². The van der Waals surface area contributed by atoms with E-state index in [9.17, 15) is 0 Å². The second-order valence-corrected chi connectivity index (χ2v) is 1.51. The third-order valence-corrected chi connectivity index (χ3v) is 0.944. The summed E-state index contributed by atoms with van der Waals surface area (Å²) in [6, 6.07) is 1.88. The van der Waals surface area contributed by atoms with E-state index in [1.54, 1.807) is 13.0 Å². The van der Waals surface area contributed by atoms with Crippen molar-refractivity contribution in [1.82, 2.24) is 0 Å². The number of hydrogen-bond acceptors (Lipinski definition) is 2. The molecular formula is C7H8N2. The minimum absolute atomic E-state index is 0.338. The molecule has 0 spiro atoms. The van der Waals surface area contributed by atoms with Crippen molar-refractivity contribution in [3.05, 3.63) is 23.9 Å². The van der Waals surface area contributed by atoms with E-state index in [4.69, 9.17) is 5.26 Å². The lowest BCUT2D eigenvalue weighted by atomic mass is 10.2. The zero-order valence-electron chi connectivity index (χ0n) is 5.39. The lowest BCUT2D eigenvalue weighted by Crippen LogP contribution is -1.75. The summed E-state index contributed by atoms with van der Waals surface area (Å²) in [5, 5.41) is 8.34. The largest absolute Gasteiger partial charge is 0.253 e. The van der Waals surface area contributed by atoms with Crippen LogP contribution in [0.2, 0.25) is 0 Å². The van der Waals surface area contributed by atoms with E-state index in [0.29, 0.717) is 5.70 Å². The summed E-state index contributed by atoms with van der Waals surface area (Å²) in [7, 11) is 0. The van der Waals surface area contributed by atoms with E-state index < -0.39 is 0 Å². The number of aliphatic imine (C=N–C) groups is 1. The highest BCUT2D eigenvalue weighted by molar-refractivity contribution is 5.39. The van der Waals surface area contributed by atoms with Crippen LogP contribution in [-0.4, -0.2) is 6.72 Å². The van der Waals surface area contributed by atoms with Crippen molar-refractivity contribution in [3.8, 4) is 6.07 Å². The van der Waals surface area contributed by atoms with E-state index in [2.05, 4.69) is 18.3 Å². The molecule has 0 bridgehead atoms. The molecule has 0 fully saturated rings. The normalized spacial score (nSPS) is 11.1. The van der Waals surface area contributed by atoms with Crippen molar-refractivity contribution in [2.75, 3.05) is 0 Å². The Kier molecular flexibility index (Phi) is 3.07. The van der Waals surface area contributed by atoms with Gasteiger partial charge in [0, 0.05) is 0 Å². The van der Waals surface area contributed by atoms with Gasteiger partial charge in [0.15, 0.2) is 0 Å². The molecule has 0 aromatic rings. The van der Waals surface area contributed by atoms with Gasteiger partial charge < -0.3 is 0 Å². The summed E-state index contributed by atoms with van der Waals surface area (Å²) >= 11 is 0. The van der Waals surface area contributed by atoms with Crippen LogP contribution in [0, 0.1) is 11.3 Å². The summed E-state index contributed by atoms with van der Waals surface area (Å²) < 4.78 is 0. The molecular weight excluding hydrogens is 112 g/mol. The number of allylic oxidation sites excluding steroid dienone is 3. The summed E-state index contributed by atoms with van der Waals surface area (Å²) in [5.74, 6) is 0. The van der Waals surface area contributed by atoms with Crippen molar-refractivity contribution >= 4 is 6.72 Å². The molecule has 2 nitrogen and oxygen atoms in total. The maximum absolute atomic E-state index is 8.34. The predicted molar refractivity (Wildman–Crippen MR) is 38.1 cm³/mol. The Morgan fingerprint density at radius 2 is 2.33 bits per heavy atom. The van der Waals surface area contributed by atoms with Crippen LogP contribution in [0.3, 0.4) is 0 Å². The van der Waals surface area contributed by atoms with Gasteiger partial charge in [-0.25, -0.2) is 0 Å². The molecule has 9 heavy (non-hydrogen) atoms. The molecule has 0 heterocycles. The Hall–Kier alpha value is -1.36. The lowest BCUT2D eigenvalue weighted by molar-refractivity contribution is 1.32. The van der Waals surface area contributed by atoms with E-state index in [0.717, 1.165) is 5.57 Å². The molecule has 0 N–H and O–H groups in total. The SMILES string of the molecule is C=C/C(C)=C(/C#N)N=C. The number of nitrogens with zero attached hydrogens (tertiary/aromatic N) is 2. The molecule has 0 unspecified atom stereocenters. The molecule has 2 heteroatoms. The molecule has 0 aliphatic rings. The third-order valence-electron chi connectivity index (χ3n) is 0.944. The van der Waals surface area contributed by atoms with Crippen LogP contribution in [0.4, 0.5) is 0 Å². The lowest BCUT2D eigenvalue weighted by Gasteiger charge is -1.88. The van der Waals surface area contributed by atoms with Gasteiger partial charge in [-0.15, -0.1) is 0 Å². The van der Waals surface area contributed by atoms with Gasteiger partial charge in [0.25, 0.3) is 0 Å². The fourth-order valence-corrected chi connectivity index (χ4v) is 0.345. The van der Waals surface area contributed by atoms with Gasteiger partial charge in [-0.2, -0.15) is 5.26 Å². The Morgan fingerprint density at radius 3 is 2.44 bits per heavy atom. The maximum atomic E-state index is 8.34. The molecule has 0 atom stereocenters. The van der Waals surface area contributed by atoms with Crippen LogP contribution < -0.4 is 0 Å². The monoisotopic (exact) mass is 120 g/mol. The minimum Gasteiger partial charge on any atom is -0.253 e. The van der Waals surface area contributed by atoms with E-state index >= 15 is 0 Å². The highest BCUT2D eigenvalue weighted by atomic mass is 14.7. The molecule has 0 amide bonds. The molecule has 46 valence electrons. The quantitative estimate of drug-likeness (QED) is 0.310. The summed E-state index contributed by atoms with van der Waals surface area (Å²) in [5.41, 5.74) is 1.09. The van der Waals surface area contributed by atoms with Gasteiger partial charge in [0.2, 0.25) is 0 Å². The predicted octanol–water partition coefficient (Wildman–Crippen LogP) is 1.67. The van der Waals surface area contributed by atoms with Crippen LogP contribution in [-0.2, 0) is 0 Å². The molecule has 0 rings (SSSR count). The average Bonchev–Trinajstić information content (AvgIpc) is 1.90. The number of hydrogen-bond donors (Lipinski definition) is 0. The molecule has 0 aliphatic heterocycles. The van der Waals surface area contributed by atoms with E-state index in [1.165, 1.54) is 0 Å². The van der Waals surface area contributed by atoms with Gasteiger partial charge in [-0.05, 0) is 19.2 Å². The third kappa shape index (κ3) is 1.92. The maximum Gasteiger partial charge on any atom is 0.142 e. The Morgan fingerprint density at radius 1 is 1.78 bits per heavy atom. The molecule has 0 aromatic carbocycles. The van der Waals surface area contributed by atoms with Crippen molar-refractivity contribution < 1.29 is 0 Å². The molecule has 0 radical (unpaired) electrons. The first-order valence-corrected chi connectivity index (χ1v) is 2.46. The van der Waals surface area contributed by atoms with Crippen LogP contribution >= 0.6 is 0 Å². The Bertz CT molecular complexity index is 193. The van der Waals surface area contributed by atoms with Crippen LogP contribution in [0.1, 0.15) is 6.92 Å². The summed E-state index contributed by atoms with van der Waals surface area (Å²) in [6.07, 6.45) is 1.58. The second kappa shape index (κ2) is 3.62. The number of nitriles is 1. The molecule has 0 saturated heterocycles. The zero-order valence-corrected chi connectivity index (χ0v) is 5.39. The van der Waals surface area contributed by atoms with Crippen molar-refractivity contribution in [2.45, 2.75) is 6.92 Å². The molecule has 0 saturated carbocycles. The first kappa shape index (κ1) is 7.64. The van der Waals surface area contributed by atoms with Crippen LogP contribution in [0.25, 0.3) is 0 Å². The molecule has 0 aliphatic carbocycles. The minimum atomic E-state index is 0.338. The van der Waals surface area contributed by atoms with E-state index in [-0.39, 0.29) is 0 Å². The Balaban J connectivity index is 4.63. The second-order valence-electron chi connectivity index (χ2n) is 1.51. The Labute approximate surface area is 54.8 Å². The summed E-state index contributed by atoms with van der Waals surface area (Å²) in [6.45, 7) is 8.47. The van der Waals surface area contributed by atoms with Gasteiger partial charge in [-0.1, -0.05) is 12.7 Å². The van der Waals surface area contributed by atoms with Gasteiger partial charge >= 0.3 is 0 Å². The average molecular weight is 120 g/mol. The first-order valence-electron chi connectivity index (χ1n) is 2.46. The van der Waals surface area contributed by atoms with Crippen LogP contribution in [0.15, 0.2) is 28.9 Å². The molecule has 0 aromatic heterocycles. The highest BCUT2D eigenvalue weighted by Gasteiger charge is 1.90. The smallest absolute Gasteiger partial charge is 0.142 e. The standard InChI is InChI=1S/C7H8N2/c1-4-6(2)7(5-8)9-3/h4H,1,3H2,2H3/b7-6-. The van der Waals surface area contributed by atoms with E-state index in [1.807, 2.05) is 6.07 Å². The van der Waals surface area contributed by atoms with Crippen LogP contribution in [0.5, 0.6) is 0 Å². The van der Waals surface area contributed by atoms with Crippen molar-refractivity contribution in [1.29, 1.82) is 5.26 Å². The highest BCUT2D eigenvalue weighted by Crippen LogP contribution is 2.02. The number of rotatable bonds is 2. The van der Waals surface area contributed by atoms with Crippen molar-refractivity contribution in [3.63, 3.8) is 0 Å². The van der Waals surface area contributed by atoms with Gasteiger partial charge in [0.05, 0.1) is 0 Å². The zero-order chi connectivity index (χ0) is 7.28.